The molecule has 2 saturated heterocycles. The van der Waals surface area contributed by atoms with Crippen LogP contribution in [0.4, 0.5) is 0 Å². The van der Waals surface area contributed by atoms with Gasteiger partial charge in [0.2, 0.25) is 0 Å². The van der Waals surface area contributed by atoms with Crippen LogP contribution in [0.25, 0.3) is 0 Å². The topological polar surface area (TPSA) is 57.2 Å². The van der Waals surface area contributed by atoms with Crippen LogP contribution in [0.5, 0.6) is 5.75 Å². The van der Waals surface area contributed by atoms with Crippen molar-refractivity contribution in [2.24, 2.45) is 0 Å². The van der Waals surface area contributed by atoms with Crippen molar-refractivity contribution >= 4 is 0 Å². The molecule has 2 fully saturated rings. The Balaban J connectivity index is 1.37. The zero-order valence-electron chi connectivity index (χ0n) is 16.4. The van der Waals surface area contributed by atoms with Gasteiger partial charge in [0.1, 0.15) is 18.5 Å². The molecule has 1 aromatic carbocycles. The van der Waals surface area contributed by atoms with E-state index in [4.69, 9.17) is 9.47 Å². The average molecular weight is 378 g/mol. The van der Waals surface area contributed by atoms with Crippen LogP contribution in [-0.4, -0.2) is 86.6 Å². The summed E-state index contributed by atoms with van der Waals surface area (Å²) in [5.41, 5.74) is 1.14. The summed E-state index contributed by atoms with van der Waals surface area (Å²) in [6, 6.07) is 8.11. The second-order valence-electron chi connectivity index (χ2n) is 7.56. The van der Waals surface area contributed by atoms with Crippen molar-refractivity contribution in [2.45, 2.75) is 31.9 Å². The second-order valence-corrected chi connectivity index (χ2v) is 7.56. The van der Waals surface area contributed by atoms with Crippen LogP contribution in [0.2, 0.25) is 0 Å². The summed E-state index contributed by atoms with van der Waals surface area (Å²) in [5, 5.41) is 13.8. The standard InChI is InChI=1S/C21H35N3O3/c25-20(17-24-9-4-1-5-10-24)18-27-21-7-3-2-6-19(21)16-22-8-11-23-12-14-26-15-13-23/h2-3,6-7,20,22,25H,1,4-5,8-18H2/t20-/m0/s1. The van der Waals surface area contributed by atoms with Crippen LogP contribution in [0.1, 0.15) is 24.8 Å². The fourth-order valence-electron chi connectivity index (χ4n) is 3.75. The van der Waals surface area contributed by atoms with Gasteiger partial charge in [-0.15, -0.1) is 0 Å². The lowest BCUT2D eigenvalue weighted by molar-refractivity contribution is 0.0384. The van der Waals surface area contributed by atoms with Crippen molar-refractivity contribution in [1.29, 1.82) is 0 Å². The Hall–Kier alpha value is -1.18. The number of hydrogen-bond donors (Lipinski definition) is 2. The van der Waals surface area contributed by atoms with E-state index in [9.17, 15) is 5.11 Å². The molecule has 6 heteroatoms. The van der Waals surface area contributed by atoms with E-state index in [0.29, 0.717) is 13.2 Å². The van der Waals surface area contributed by atoms with E-state index in [0.717, 1.165) is 70.3 Å². The van der Waals surface area contributed by atoms with Gasteiger partial charge in [-0.2, -0.15) is 0 Å². The maximum atomic E-state index is 10.3. The van der Waals surface area contributed by atoms with E-state index >= 15 is 0 Å². The largest absolute Gasteiger partial charge is 0.491 e. The number of nitrogens with zero attached hydrogens (tertiary/aromatic N) is 2. The van der Waals surface area contributed by atoms with Crippen LogP contribution in [0.3, 0.4) is 0 Å². The molecule has 6 nitrogen and oxygen atoms in total. The maximum Gasteiger partial charge on any atom is 0.123 e. The minimum absolute atomic E-state index is 0.349. The molecule has 27 heavy (non-hydrogen) atoms. The third-order valence-electron chi connectivity index (χ3n) is 5.35. The number of aliphatic hydroxyl groups excluding tert-OH is 1. The van der Waals surface area contributed by atoms with E-state index < -0.39 is 6.10 Å². The first-order chi connectivity index (χ1) is 13.3. The predicted molar refractivity (Wildman–Crippen MR) is 107 cm³/mol. The first-order valence-electron chi connectivity index (χ1n) is 10.4. The molecule has 0 spiro atoms. The van der Waals surface area contributed by atoms with Gasteiger partial charge in [-0.3, -0.25) is 4.90 Å². The van der Waals surface area contributed by atoms with Gasteiger partial charge >= 0.3 is 0 Å². The summed E-state index contributed by atoms with van der Waals surface area (Å²) >= 11 is 0. The van der Waals surface area contributed by atoms with Crippen LogP contribution in [0, 0.1) is 0 Å². The number of nitrogens with one attached hydrogen (secondary N) is 1. The first-order valence-corrected chi connectivity index (χ1v) is 10.4. The summed E-state index contributed by atoms with van der Waals surface area (Å²) in [7, 11) is 0. The van der Waals surface area contributed by atoms with Gasteiger partial charge in [-0.1, -0.05) is 24.6 Å². The highest BCUT2D eigenvalue weighted by molar-refractivity contribution is 5.33. The number of likely N-dealkylation sites (tertiary alicyclic amines) is 1. The molecular weight excluding hydrogens is 342 g/mol. The van der Waals surface area contributed by atoms with Crippen LogP contribution < -0.4 is 10.1 Å². The van der Waals surface area contributed by atoms with Crippen LogP contribution in [0.15, 0.2) is 24.3 Å². The fourth-order valence-corrected chi connectivity index (χ4v) is 3.75. The SMILES string of the molecule is O[C@H](COc1ccccc1CNCCN1CCOCC1)CN1CCCCC1. The number of hydrogen-bond acceptors (Lipinski definition) is 6. The van der Waals surface area contributed by atoms with Crippen molar-refractivity contribution in [3.63, 3.8) is 0 Å². The van der Waals surface area contributed by atoms with E-state index in [1.54, 1.807) is 0 Å². The number of benzene rings is 1. The van der Waals surface area contributed by atoms with Crippen molar-refractivity contribution in [3.8, 4) is 5.75 Å². The third kappa shape index (κ3) is 7.39. The van der Waals surface area contributed by atoms with Crippen LogP contribution in [-0.2, 0) is 11.3 Å². The van der Waals surface area contributed by atoms with Gasteiger partial charge in [-0.05, 0) is 32.0 Å². The second kappa shape index (κ2) is 11.6. The molecule has 2 aliphatic rings. The molecule has 0 bridgehead atoms. The molecule has 0 unspecified atom stereocenters. The van der Waals surface area contributed by atoms with E-state index in [1.165, 1.54) is 19.3 Å². The molecule has 152 valence electrons. The molecule has 1 atom stereocenters. The quantitative estimate of drug-likeness (QED) is 0.600. The molecule has 3 rings (SSSR count). The molecule has 0 aliphatic carbocycles. The molecule has 2 heterocycles. The van der Waals surface area contributed by atoms with Gasteiger partial charge in [0.05, 0.1) is 13.2 Å². The lowest BCUT2D eigenvalue weighted by Gasteiger charge is -2.28. The zero-order chi connectivity index (χ0) is 18.7. The fraction of sp³-hybridized carbons (Fsp3) is 0.714. The number of morpholine rings is 1. The Morgan fingerprint density at radius 3 is 2.63 bits per heavy atom. The Labute approximate surface area is 163 Å². The molecule has 0 amide bonds. The molecule has 0 radical (unpaired) electrons. The number of ether oxygens (including phenoxy) is 2. The van der Waals surface area contributed by atoms with Crippen molar-refractivity contribution in [3.05, 3.63) is 29.8 Å². The Bertz CT molecular complexity index is 531. The minimum Gasteiger partial charge on any atom is -0.491 e. The number of para-hydroxylation sites is 1. The third-order valence-corrected chi connectivity index (χ3v) is 5.35. The van der Waals surface area contributed by atoms with Gasteiger partial charge in [-0.25, -0.2) is 0 Å². The van der Waals surface area contributed by atoms with Crippen LogP contribution >= 0.6 is 0 Å². The highest BCUT2D eigenvalue weighted by atomic mass is 16.5. The highest BCUT2D eigenvalue weighted by Gasteiger charge is 2.15. The molecular formula is C21H35N3O3. The van der Waals surface area contributed by atoms with Gasteiger partial charge in [0, 0.05) is 44.8 Å². The number of piperidine rings is 1. The summed E-state index contributed by atoms with van der Waals surface area (Å²) in [5.74, 6) is 0.870. The number of β-amino-alcohol motifs (C(OH)–C–C–N with tert-alkyl or cyclic N) is 1. The van der Waals surface area contributed by atoms with E-state index in [2.05, 4.69) is 21.2 Å². The van der Waals surface area contributed by atoms with E-state index in [-0.39, 0.29) is 0 Å². The van der Waals surface area contributed by atoms with Crippen molar-refractivity contribution in [1.82, 2.24) is 15.1 Å². The summed E-state index contributed by atoms with van der Waals surface area (Å²) in [4.78, 5) is 4.77. The lowest BCUT2D eigenvalue weighted by atomic mass is 10.1. The Morgan fingerprint density at radius 1 is 1.04 bits per heavy atom. The van der Waals surface area contributed by atoms with Crippen molar-refractivity contribution < 1.29 is 14.6 Å². The van der Waals surface area contributed by atoms with Gasteiger partial charge < -0.3 is 24.8 Å². The summed E-state index contributed by atoms with van der Waals surface area (Å²) < 4.78 is 11.3. The summed E-state index contributed by atoms with van der Waals surface area (Å²) in [6.45, 7) is 9.76. The highest BCUT2D eigenvalue weighted by Crippen LogP contribution is 2.18. The molecule has 2 aliphatic heterocycles. The molecule has 0 saturated carbocycles. The predicted octanol–water partition coefficient (Wildman–Crippen LogP) is 1.33. The monoisotopic (exact) mass is 377 g/mol. The van der Waals surface area contributed by atoms with Gasteiger partial charge in [0.25, 0.3) is 0 Å². The normalized spacial score (nSPS) is 20.5. The number of aliphatic hydroxyl groups is 1. The lowest BCUT2D eigenvalue weighted by Crippen LogP contribution is -2.40. The zero-order valence-corrected chi connectivity index (χ0v) is 16.4. The van der Waals surface area contributed by atoms with E-state index in [1.807, 2.05) is 18.2 Å². The number of rotatable bonds is 10. The average Bonchev–Trinajstić information content (AvgIpc) is 2.72. The van der Waals surface area contributed by atoms with Crippen molar-refractivity contribution in [2.75, 3.05) is 65.6 Å². The maximum absolute atomic E-state index is 10.3. The molecule has 1 aromatic rings. The smallest absolute Gasteiger partial charge is 0.123 e. The summed E-state index contributed by atoms with van der Waals surface area (Å²) in [6.07, 6.45) is 3.36. The Morgan fingerprint density at radius 2 is 1.81 bits per heavy atom. The Kier molecular flexibility index (Phi) is 8.84. The molecule has 2 N–H and O–H groups in total. The van der Waals surface area contributed by atoms with Gasteiger partial charge in [0.15, 0.2) is 0 Å². The molecule has 0 aromatic heterocycles. The minimum atomic E-state index is -0.439. The first kappa shape index (κ1) is 20.6.